The molecule has 0 saturated carbocycles. The van der Waals surface area contributed by atoms with Crippen LogP contribution < -0.4 is 4.90 Å². The van der Waals surface area contributed by atoms with E-state index in [1.54, 1.807) is 17.0 Å². The zero-order valence-electron chi connectivity index (χ0n) is 14.4. The van der Waals surface area contributed by atoms with E-state index in [2.05, 4.69) is 4.90 Å². The summed E-state index contributed by atoms with van der Waals surface area (Å²) in [6, 6.07) is 6.77. The van der Waals surface area contributed by atoms with Gasteiger partial charge in [0.2, 0.25) is 12.3 Å². The Bertz CT molecular complexity index is 596. The predicted octanol–water partition coefficient (Wildman–Crippen LogP) is 0.638. The number of rotatable bonds is 5. The third-order valence-electron chi connectivity index (χ3n) is 5.02. The van der Waals surface area contributed by atoms with Crippen molar-refractivity contribution in [1.82, 2.24) is 14.7 Å². The molecule has 0 N–H and O–H groups in total. The molecule has 0 bridgehead atoms. The molecule has 2 aliphatic heterocycles. The van der Waals surface area contributed by atoms with E-state index in [0.29, 0.717) is 38.3 Å². The Balaban J connectivity index is 1.41. The molecule has 2 aliphatic rings. The number of halogens is 1. The Labute approximate surface area is 147 Å². The molecular formula is C18H25FN4O2. The highest BCUT2D eigenvalue weighted by Crippen LogP contribution is 2.20. The largest absolute Gasteiger partial charge is 0.366 e. The van der Waals surface area contributed by atoms with E-state index in [1.165, 1.54) is 6.07 Å². The summed E-state index contributed by atoms with van der Waals surface area (Å²) in [6.07, 6.45) is 1.39. The van der Waals surface area contributed by atoms with E-state index in [-0.39, 0.29) is 11.7 Å². The van der Waals surface area contributed by atoms with Crippen molar-refractivity contribution in [3.8, 4) is 0 Å². The molecule has 0 unspecified atom stereocenters. The van der Waals surface area contributed by atoms with Crippen molar-refractivity contribution in [3.63, 3.8) is 0 Å². The van der Waals surface area contributed by atoms with E-state index in [0.717, 1.165) is 39.1 Å². The Morgan fingerprint density at radius 3 is 2.32 bits per heavy atom. The second-order valence-corrected chi connectivity index (χ2v) is 6.55. The Morgan fingerprint density at radius 1 is 1.00 bits per heavy atom. The molecular weight excluding hydrogens is 323 g/mol. The topological polar surface area (TPSA) is 47.1 Å². The van der Waals surface area contributed by atoms with Gasteiger partial charge < -0.3 is 14.7 Å². The van der Waals surface area contributed by atoms with E-state index >= 15 is 0 Å². The molecule has 0 aromatic heterocycles. The average molecular weight is 348 g/mol. The highest BCUT2D eigenvalue weighted by molar-refractivity contribution is 5.76. The number of piperazine rings is 2. The molecule has 2 saturated heterocycles. The summed E-state index contributed by atoms with van der Waals surface area (Å²) in [5, 5.41) is 0. The second-order valence-electron chi connectivity index (χ2n) is 6.55. The third-order valence-corrected chi connectivity index (χ3v) is 5.02. The first kappa shape index (κ1) is 17.7. The lowest BCUT2D eigenvalue weighted by Crippen LogP contribution is -2.50. The molecule has 0 atom stereocenters. The highest BCUT2D eigenvalue weighted by atomic mass is 19.1. The van der Waals surface area contributed by atoms with Gasteiger partial charge in [-0.05, 0) is 12.1 Å². The normalized spacial score (nSPS) is 19.2. The van der Waals surface area contributed by atoms with E-state index in [4.69, 9.17) is 0 Å². The van der Waals surface area contributed by atoms with Gasteiger partial charge in [-0.25, -0.2) is 4.39 Å². The molecule has 7 heteroatoms. The number of benzene rings is 1. The Kier molecular flexibility index (Phi) is 5.86. The van der Waals surface area contributed by atoms with E-state index < -0.39 is 0 Å². The fourth-order valence-corrected chi connectivity index (χ4v) is 3.41. The first-order valence-electron chi connectivity index (χ1n) is 8.86. The first-order chi connectivity index (χ1) is 12.2. The van der Waals surface area contributed by atoms with Crippen LogP contribution >= 0.6 is 0 Å². The van der Waals surface area contributed by atoms with Crippen LogP contribution in [0.15, 0.2) is 24.3 Å². The van der Waals surface area contributed by atoms with Gasteiger partial charge in [0.1, 0.15) is 5.82 Å². The molecule has 2 heterocycles. The Morgan fingerprint density at radius 2 is 1.68 bits per heavy atom. The lowest BCUT2D eigenvalue weighted by atomic mass is 10.2. The van der Waals surface area contributed by atoms with Crippen LogP contribution in [0.5, 0.6) is 0 Å². The minimum absolute atomic E-state index is 0.158. The number of hydrogen-bond donors (Lipinski definition) is 0. The molecule has 136 valence electrons. The number of carbonyl (C=O) groups excluding carboxylic acids is 2. The molecule has 6 nitrogen and oxygen atoms in total. The summed E-state index contributed by atoms with van der Waals surface area (Å²) in [5.41, 5.74) is 0.614. The minimum atomic E-state index is -0.211. The summed E-state index contributed by atoms with van der Waals surface area (Å²) in [7, 11) is 0. The van der Waals surface area contributed by atoms with Crippen molar-refractivity contribution >= 4 is 18.0 Å². The van der Waals surface area contributed by atoms with Gasteiger partial charge in [-0.3, -0.25) is 14.5 Å². The van der Waals surface area contributed by atoms with Crippen LogP contribution in [0.25, 0.3) is 0 Å². The van der Waals surface area contributed by atoms with Gasteiger partial charge in [0.05, 0.1) is 5.69 Å². The van der Waals surface area contributed by atoms with Crippen molar-refractivity contribution in [2.75, 3.05) is 63.8 Å². The van der Waals surface area contributed by atoms with Crippen LogP contribution in [0.3, 0.4) is 0 Å². The summed E-state index contributed by atoms with van der Waals surface area (Å²) in [6.45, 7) is 6.44. The first-order valence-corrected chi connectivity index (χ1v) is 8.86. The zero-order valence-corrected chi connectivity index (χ0v) is 14.4. The highest BCUT2D eigenvalue weighted by Gasteiger charge is 2.23. The lowest BCUT2D eigenvalue weighted by Gasteiger charge is -2.37. The van der Waals surface area contributed by atoms with Gasteiger partial charge in [-0.1, -0.05) is 12.1 Å². The molecule has 0 radical (unpaired) electrons. The van der Waals surface area contributed by atoms with Gasteiger partial charge >= 0.3 is 0 Å². The predicted molar refractivity (Wildman–Crippen MR) is 93.9 cm³/mol. The van der Waals surface area contributed by atoms with Crippen LogP contribution in [0.1, 0.15) is 6.42 Å². The number of carbonyl (C=O) groups is 2. The molecule has 1 aromatic rings. The number of amides is 2. The van der Waals surface area contributed by atoms with Crippen molar-refractivity contribution in [1.29, 1.82) is 0 Å². The monoisotopic (exact) mass is 348 g/mol. The van der Waals surface area contributed by atoms with Gasteiger partial charge in [0.25, 0.3) is 0 Å². The fourth-order valence-electron chi connectivity index (χ4n) is 3.41. The van der Waals surface area contributed by atoms with Crippen LogP contribution in [-0.2, 0) is 9.59 Å². The summed E-state index contributed by atoms with van der Waals surface area (Å²) in [5.74, 6) is -0.0530. The summed E-state index contributed by atoms with van der Waals surface area (Å²) < 4.78 is 13.9. The average Bonchev–Trinajstić information content (AvgIpc) is 2.67. The van der Waals surface area contributed by atoms with Gasteiger partial charge in [-0.2, -0.15) is 0 Å². The molecule has 1 aromatic carbocycles. The molecule has 0 aliphatic carbocycles. The summed E-state index contributed by atoms with van der Waals surface area (Å²) >= 11 is 0. The molecule has 25 heavy (non-hydrogen) atoms. The molecule has 3 rings (SSSR count). The van der Waals surface area contributed by atoms with Crippen LogP contribution in [0.2, 0.25) is 0 Å². The second kappa shape index (κ2) is 8.29. The van der Waals surface area contributed by atoms with Crippen molar-refractivity contribution < 1.29 is 14.0 Å². The number of nitrogens with zero attached hydrogens (tertiary/aromatic N) is 4. The maximum atomic E-state index is 13.9. The van der Waals surface area contributed by atoms with Gasteiger partial charge in [-0.15, -0.1) is 0 Å². The number of para-hydroxylation sites is 1. The molecule has 2 amide bonds. The maximum Gasteiger partial charge on any atom is 0.223 e. The minimum Gasteiger partial charge on any atom is -0.366 e. The molecule has 0 spiro atoms. The third kappa shape index (κ3) is 4.48. The Hall–Kier alpha value is -2.15. The summed E-state index contributed by atoms with van der Waals surface area (Å²) in [4.78, 5) is 31.0. The van der Waals surface area contributed by atoms with Crippen LogP contribution in [0.4, 0.5) is 10.1 Å². The zero-order chi connectivity index (χ0) is 17.6. The standard InChI is InChI=1S/C18H25FN4O2/c19-16-3-1-2-4-17(16)22-11-13-23(14-12-22)18(25)5-6-20-7-9-21(15-24)10-8-20/h1-4,15H,5-14H2. The smallest absolute Gasteiger partial charge is 0.223 e. The van der Waals surface area contributed by atoms with Crippen LogP contribution in [-0.4, -0.2) is 85.9 Å². The van der Waals surface area contributed by atoms with E-state index in [1.807, 2.05) is 15.9 Å². The van der Waals surface area contributed by atoms with Crippen molar-refractivity contribution in [3.05, 3.63) is 30.1 Å². The SMILES string of the molecule is O=CN1CCN(CCC(=O)N2CCN(c3ccccc3F)CC2)CC1. The van der Waals surface area contributed by atoms with Crippen molar-refractivity contribution in [2.45, 2.75) is 6.42 Å². The number of hydrogen-bond acceptors (Lipinski definition) is 4. The van der Waals surface area contributed by atoms with Gasteiger partial charge in [0, 0.05) is 65.3 Å². The van der Waals surface area contributed by atoms with Gasteiger partial charge in [0.15, 0.2) is 0 Å². The van der Waals surface area contributed by atoms with Crippen molar-refractivity contribution in [2.24, 2.45) is 0 Å². The number of anilines is 1. The lowest BCUT2D eigenvalue weighted by molar-refractivity contribution is -0.132. The van der Waals surface area contributed by atoms with E-state index in [9.17, 15) is 14.0 Å². The van der Waals surface area contributed by atoms with Crippen LogP contribution in [0, 0.1) is 5.82 Å². The maximum absolute atomic E-state index is 13.9. The fraction of sp³-hybridized carbons (Fsp3) is 0.556. The molecule has 2 fully saturated rings. The quantitative estimate of drug-likeness (QED) is 0.733.